The summed E-state index contributed by atoms with van der Waals surface area (Å²) in [6, 6.07) is 16.8. The lowest BCUT2D eigenvalue weighted by molar-refractivity contribution is -0.151. The molecule has 1 fully saturated rings. The Labute approximate surface area is 159 Å². The van der Waals surface area contributed by atoms with Gasteiger partial charge in [-0.15, -0.1) is 6.58 Å². The molecule has 0 saturated carbocycles. The van der Waals surface area contributed by atoms with Gasteiger partial charge in [0.25, 0.3) is 0 Å². The maximum atomic E-state index is 13.3. The normalized spacial score (nSPS) is 22.2. The number of anilines is 1. The summed E-state index contributed by atoms with van der Waals surface area (Å²) >= 11 is 0. The van der Waals surface area contributed by atoms with E-state index in [0.29, 0.717) is 17.9 Å². The fourth-order valence-electron chi connectivity index (χ4n) is 3.64. The van der Waals surface area contributed by atoms with Crippen molar-refractivity contribution >= 4 is 17.6 Å². The van der Waals surface area contributed by atoms with Crippen LogP contribution in [0.25, 0.3) is 0 Å². The van der Waals surface area contributed by atoms with Crippen molar-refractivity contribution in [2.45, 2.75) is 12.5 Å². The van der Waals surface area contributed by atoms with Crippen LogP contribution in [-0.4, -0.2) is 26.1 Å². The third kappa shape index (κ3) is 3.58. The number of hydrogen-bond acceptors (Lipinski definition) is 4. The van der Waals surface area contributed by atoms with Gasteiger partial charge in [0.05, 0.1) is 20.3 Å². The van der Waals surface area contributed by atoms with Crippen molar-refractivity contribution < 1.29 is 19.1 Å². The summed E-state index contributed by atoms with van der Waals surface area (Å²) in [4.78, 5) is 27.2. The van der Waals surface area contributed by atoms with Crippen LogP contribution in [-0.2, 0) is 14.3 Å². The highest BCUT2D eigenvalue weighted by atomic mass is 16.5. The van der Waals surface area contributed by atoms with Crippen LogP contribution in [0.4, 0.5) is 5.69 Å². The van der Waals surface area contributed by atoms with Crippen LogP contribution in [0.15, 0.2) is 67.3 Å². The topological polar surface area (TPSA) is 55.8 Å². The van der Waals surface area contributed by atoms with Gasteiger partial charge in [0.1, 0.15) is 11.7 Å². The molecule has 1 heterocycles. The summed E-state index contributed by atoms with van der Waals surface area (Å²) < 4.78 is 10.1. The smallest absolute Gasteiger partial charge is 0.318 e. The molecular formula is C22H23NO4. The molecule has 1 amide bonds. The first-order valence-corrected chi connectivity index (χ1v) is 8.83. The number of carbonyl (C=O) groups excluding carboxylic acids is 2. The van der Waals surface area contributed by atoms with E-state index in [2.05, 4.69) is 6.58 Å². The fraction of sp³-hybridized carbons (Fsp3) is 0.273. The summed E-state index contributed by atoms with van der Waals surface area (Å²) in [5, 5.41) is 0. The standard InChI is InChI=1S/C22H23NO4/c1-4-15-14-19(22(25)27-3)21(24)23(17-10-12-18(26-2)13-11-17)20(15)16-8-6-5-7-9-16/h4-13,15,19-20H,1,14H2,2-3H3. The number of ether oxygens (including phenoxy) is 2. The van der Waals surface area contributed by atoms with Gasteiger partial charge in [-0.05, 0) is 36.2 Å². The number of piperidine rings is 1. The highest BCUT2D eigenvalue weighted by Crippen LogP contribution is 2.42. The van der Waals surface area contributed by atoms with Gasteiger partial charge in [-0.3, -0.25) is 9.59 Å². The van der Waals surface area contributed by atoms with Crippen molar-refractivity contribution in [2.75, 3.05) is 19.1 Å². The largest absolute Gasteiger partial charge is 0.497 e. The van der Waals surface area contributed by atoms with E-state index in [-0.39, 0.29) is 17.9 Å². The molecule has 1 aliphatic rings. The molecule has 1 aliphatic heterocycles. The zero-order valence-corrected chi connectivity index (χ0v) is 15.5. The first kappa shape index (κ1) is 18.7. The Hall–Kier alpha value is -3.08. The lowest BCUT2D eigenvalue weighted by Crippen LogP contribution is -2.50. The van der Waals surface area contributed by atoms with Crippen LogP contribution in [0, 0.1) is 11.8 Å². The molecule has 27 heavy (non-hydrogen) atoms. The van der Waals surface area contributed by atoms with Crippen LogP contribution >= 0.6 is 0 Å². The summed E-state index contributed by atoms with van der Waals surface area (Å²) in [6.07, 6.45) is 2.19. The molecule has 5 heteroatoms. The predicted molar refractivity (Wildman–Crippen MR) is 103 cm³/mol. The number of benzene rings is 2. The maximum absolute atomic E-state index is 13.3. The van der Waals surface area contributed by atoms with Crippen LogP contribution in [0.3, 0.4) is 0 Å². The van der Waals surface area contributed by atoms with Crippen LogP contribution in [0.1, 0.15) is 18.0 Å². The summed E-state index contributed by atoms with van der Waals surface area (Å²) in [7, 11) is 2.90. The number of carbonyl (C=O) groups is 2. The third-order valence-corrected chi connectivity index (χ3v) is 5.01. The Morgan fingerprint density at radius 2 is 1.78 bits per heavy atom. The number of esters is 1. The van der Waals surface area contributed by atoms with Gasteiger partial charge in [-0.25, -0.2) is 0 Å². The van der Waals surface area contributed by atoms with Crippen LogP contribution in [0.5, 0.6) is 5.75 Å². The molecule has 0 aromatic heterocycles. The maximum Gasteiger partial charge on any atom is 0.318 e. The SMILES string of the molecule is C=CC1CC(C(=O)OC)C(=O)N(c2ccc(OC)cc2)C1c1ccccc1. The van der Waals surface area contributed by atoms with E-state index < -0.39 is 11.9 Å². The molecule has 0 N–H and O–H groups in total. The number of methoxy groups -OCH3 is 2. The van der Waals surface area contributed by atoms with Crippen molar-refractivity contribution in [3.63, 3.8) is 0 Å². The minimum atomic E-state index is -0.847. The van der Waals surface area contributed by atoms with E-state index in [4.69, 9.17) is 9.47 Å². The van der Waals surface area contributed by atoms with Gasteiger partial charge in [0.15, 0.2) is 0 Å². The van der Waals surface area contributed by atoms with Crippen molar-refractivity contribution in [2.24, 2.45) is 11.8 Å². The van der Waals surface area contributed by atoms with Crippen molar-refractivity contribution in [1.82, 2.24) is 0 Å². The molecule has 3 unspecified atom stereocenters. The van der Waals surface area contributed by atoms with Crippen molar-refractivity contribution in [3.05, 3.63) is 72.8 Å². The Morgan fingerprint density at radius 1 is 1.11 bits per heavy atom. The zero-order valence-electron chi connectivity index (χ0n) is 15.5. The second kappa shape index (κ2) is 8.08. The van der Waals surface area contributed by atoms with Gasteiger partial charge < -0.3 is 14.4 Å². The quantitative estimate of drug-likeness (QED) is 0.460. The Bertz CT molecular complexity index is 816. The molecule has 140 valence electrons. The van der Waals surface area contributed by atoms with Gasteiger partial charge in [-0.1, -0.05) is 36.4 Å². The lowest BCUT2D eigenvalue weighted by Gasteiger charge is -2.43. The molecule has 3 atom stereocenters. The van der Waals surface area contributed by atoms with E-state index in [0.717, 1.165) is 5.56 Å². The summed E-state index contributed by atoms with van der Waals surface area (Å²) in [6.45, 7) is 3.95. The summed E-state index contributed by atoms with van der Waals surface area (Å²) in [5.41, 5.74) is 1.70. The first-order chi connectivity index (χ1) is 13.1. The van der Waals surface area contributed by atoms with Gasteiger partial charge >= 0.3 is 5.97 Å². The molecule has 2 aromatic carbocycles. The predicted octanol–water partition coefficient (Wildman–Crippen LogP) is 3.76. The van der Waals surface area contributed by atoms with E-state index in [9.17, 15) is 9.59 Å². The van der Waals surface area contributed by atoms with E-state index in [1.54, 1.807) is 24.1 Å². The molecule has 0 aliphatic carbocycles. The fourth-order valence-corrected chi connectivity index (χ4v) is 3.64. The Kier molecular flexibility index (Phi) is 5.60. The molecule has 5 nitrogen and oxygen atoms in total. The second-order valence-corrected chi connectivity index (χ2v) is 6.47. The zero-order chi connectivity index (χ0) is 19.4. The minimum absolute atomic E-state index is 0.0868. The van der Waals surface area contributed by atoms with Crippen molar-refractivity contribution in [1.29, 1.82) is 0 Å². The Balaban J connectivity index is 2.11. The molecule has 3 rings (SSSR count). The Morgan fingerprint density at radius 3 is 2.33 bits per heavy atom. The van der Waals surface area contributed by atoms with E-state index in [1.165, 1.54) is 7.11 Å². The second-order valence-electron chi connectivity index (χ2n) is 6.47. The van der Waals surface area contributed by atoms with Gasteiger partial charge in [0.2, 0.25) is 5.91 Å². The molecule has 2 aromatic rings. The number of rotatable bonds is 5. The van der Waals surface area contributed by atoms with Crippen molar-refractivity contribution in [3.8, 4) is 5.75 Å². The number of amides is 1. The molecule has 0 bridgehead atoms. The van der Waals surface area contributed by atoms with Crippen LogP contribution < -0.4 is 9.64 Å². The lowest BCUT2D eigenvalue weighted by atomic mass is 9.79. The van der Waals surface area contributed by atoms with E-state index in [1.807, 2.05) is 48.5 Å². The molecule has 0 spiro atoms. The van der Waals surface area contributed by atoms with Crippen LogP contribution in [0.2, 0.25) is 0 Å². The minimum Gasteiger partial charge on any atom is -0.497 e. The molecular weight excluding hydrogens is 342 g/mol. The summed E-state index contributed by atoms with van der Waals surface area (Å²) in [5.74, 6) is -1.02. The molecule has 0 radical (unpaired) electrons. The monoisotopic (exact) mass is 365 g/mol. The highest BCUT2D eigenvalue weighted by molar-refractivity contribution is 6.07. The number of hydrogen-bond donors (Lipinski definition) is 0. The average molecular weight is 365 g/mol. The third-order valence-electron chi connectivity index (χ3n) is 5.01. The number of nitrogens with zero attached hydrogens (tertiary/aromatic N) is 1. The van der Waals surface area contributed by atoms with Gasteiger partial charge in [0, 0.05) is 11.6 Å². The first-order valence-electron chi connectivity index (χ1n) is 8.83. The van der Waals surface area contributed by atoms with Gasteiger partial charge in [-0.2, -0.15) is 0 Å². The van der Waals surface area contributed by atoms with E-state index >= 15 is 0 Å². The average Bonchev–Trinajstić information content (AvgIpc) is 2.73. The molecule has 1 saturated heterocycles. The highest BCUT2D eigenvalue weighted by Gasteiger charge is 2.45.